The van der Waals surface area contributed by atoms with Crippen molar-refractivity contribution in [2.45, 2.75) is 0 Å². The van der Waals surface area contributed by atoms with Crippen LogP contribution in [0.5, 0.6) is 11.5 Å². The number of hydrogen-bond acceptors (Lipinski definition) is 8. The molecule has 9 nitrogen and oxygen atoms in total. The van der Waals surface area contributed by atoms with Gasteiger partial charge in [0.1, 0.15) is 11.0 Å². The molecule has 0 radical (unpaired) electrons. The second-order valence-electron chi connectivity index (χ2n) is 6.29. The molecule has 1 aliphatic heterocycles. The number of H-pyrrole nitrogens is 1. The number of benzene rings is 2. The van der Waals surface area contributed by atoms with E-state index in [9.17, 15) is 4.79 Å². The lowest BCUT2D eigenvalue weighted by Gasteiger charge is -2.10. The second kappa shape index (κ2) is 6.79. The molecule has 0 bridgehead atoms. The Labute approximate surface area is 164 Å². The van der Waals surface area contributed by atoms with Gasteiger partial charge < -0.3 is 19.5 Å². The Hall–Kier alpha value is -4.14. The fourth-order valence-corrected chi connectivity index (χ4v) is 3.07. The molecule has 9 heteroatoms. The number of carbonyl (C=O) groups is 1. The van der Waals surface area contributed by atoms with Crippen molar-refractivity contribution < 1.29 is 19.0 Å². The monoisotopic (exact) mass is 389 g/mol. The summed E-state index contributed by atoms with van der Waals surface area (Å²) in [4.78, 5) is 21.0. The molecule has 3 heterocycles. The maximum atomic E-state index is 11.9. The molecule has 0 spiro atoms. The van der Waals surface area contributed by atoms with Gasteiger partial charge in [-0.2, -0.15) is 5.10 Å². The van der Waals surface area contributed by atoms with Gasteiger partial charge in [-0.1, -0.05) is 12.1 Å². The van der Waals surface area contributed by atoms with E-state index in [0.29, 0.717) is 45.3 Å². The van der Waals surface area contributed by atoms with E-state index < -0.39 is 5.97 Å². The summed E-state index contributed by atoms with van der Waals surface area (Å²) in [5, 5.41) is 10.3. The second-order valence-corrected chi connectivity index (χ2v) is 6.29. The minimum atomic E-state index is -0.421. The molecule has 29 heavy (non-hydrogen) atoms. The summed E-state index contributed by atoms with van der Waals surface area (Å²) in [7, 11) is 1.34. The summed E-state index contributed by atoms with van der Waals surface area (Å²) in [5.74, 6) is 1.94. The first kappa shape index (κ1) is 17.0. The van der Waals surface area contributed by atoms with Crippen LogP contribution in [0.3, 0.4) is 0 Å². The number of aromatic nitrogens is 4. The number of hydrogen-bond donors (Lipinski definition) is 2. The van der Waals surface area contributed by atoms with Gasteiger partial charge in [0.05, 0.1) is 18.9 Å². The van der Waals surface area contributed by atoms with Gasteiger partial charge in [0.15, 0.2) is 23.1 Å². The lowest BCUT2D eigenvalue weighted by atomic mass is 10.1. The van der Waals surface area contributed by atoms with Crippen LogP contribution in [0.1, 0.15) is 10.4 Å². The van der Waals surface area contributed by atoms with Crippen molar-refractivity contribution in [3.63, 3.8) is 0 Å². The Bertz CT molecular complexity index is 1240. The first-order valence-electron chi connectivity index (χ1n) is 8.78. The molecule has 0 saturated heterocycles. The van der Waals surface area contributed by atoms with Gasteiger partial charge in [0.2, 0.25) is 6.79 Å². The third kappa shape index (κ3) is 3.08. The predicted molar refractivity (Wildman–Crippen MR) is 104 cm³/mol. The van der Waals surface area contributed by atoms with E-state index >= 15 is 0 Å². The third-order valence-corrected chi connectivity index (χ3v) is 4.48. The van der Waals surface area contributed by atoms with Crippen LogP contribution >= 0.6 is 0 Å². The zero-order valence-corrected chi connectivity index (χ0v) is 15.3. The number of fused-ring (bicyclic) bond motifs is 2. The van der Waals surface area contributed by atoms with E-state index in [0.717, 1.165) is 5.69 Å². The Morgan fingerprint density at radius 2 is 2.03 bits per heavy atom. The molecule has 4 aromatic rings. The van der Waals surface area contributed by atoms with Gasteiger partial charge in [-0.05, 0) is 24.3 Å². The molecule has 0 saturated carbocycles. The first-order chi connectivity index (χ1) is 14.2. The minimum absolute atomic E-state index is 0.206. The van der Waals surface area contributed by atoms with Crippen molar-refractivity contribution in [3.8, 4) is 22.9 Å². The molecule has 5 rings (SSSR count). The Kier molecular flexibility index (Phi) is 3.98. The van der Waals surface area contributed by atoms with Crippen LogP contribution in [0.4, 0.5) is 11.5 Å². The molecule has 0 fully saturated rings. The van der Waals surface area contributed by atoms with Crippen molar-refractivity contribution in [2.75, 3.05) is 19.2 Å². The predicted octanol–water partition coefficient (Wildman–Crippen LogP) is 3.28. The summed E-state index contributed by atoms with van der Waals surface area (Å²) >= 11 is 0. The average molecular weight is 389 g/mol. The van der Waals surface area contributed by atoms with E-state index in [4.69, 9.17) is 14.2 Å². The van der Waals surface area contributed by atoms with Gasteiger partial charge in [-0.15, -0.1) is 0 Å². The normalized spacial score (nSPS) is 12.2. The van der Waals surface area contributed by atoms with Crippen LogP contribution < -0.4 is 14.8 Å². The van der Waals surface area contributed by atoms with Gasteiger partial charge in [-0.3, -0.25) is 5.10 Å². The molecular formula is C20H15N5O4. The third-order valence-electron chi connectivity index (χ3n) is 4.48. The number of aromatic amines is 1. The lowest BCUT2D eigenvalue weighted by molar-refractivity contribution is 0.0601. The zero-order valence-electron chi connectivity index (χ0n) is 15.3. The molecule has 2 aromatic carbocycles. The molecule has 0 amide bonds. The van der Waals surface area contributed by atoms with Crippen molar-refractivity contribution in [3.05, 3.63) is 54.2 Å². The highest BCUT2D eigenvalue weighted by atomic mass is 16.7. The average Bonchev–Trinajstić information content (AvgIpc) is 3.42. The van der Waals surface area contributed by atoms with Gasteiger partial charge in [0.25, 0.3) is 0 Å². The summed E-state index contributed by atoms with van der Waals surface area (Å²) in [6, 6.07) is 12.5. The molecule has 2 aromatic heterocycles. The van der Waals surface area contributed by atoms with Gasteiger partial charge >= 0.3 is 5.97 Å². The Morgan fingerprint density at radius 3 is 2.93 bits per heavy atom. The number of carbonyl (C=O) groups excluding carboxylic acids is 1. The van der Waals surface area contributed by atoms with Crippen LogP contribution in [-0.4, -0.2) is 40.0 Å². The molecule has 2 N–H and O–H groups in total. The summed E-state index contributed by atoms with van der Waals surface area (Å²) < 4.78 is 15.6. The van der Waals surface area contributed by atoms with Gasteiger partial charge in [0, 0.05) is 17.3 Å². The number of esters is 1. The largest absolute Gasteiger partial charge is 0.465 e. The van der Waals surface area contributed by atoms with Crippen molar-refractivity contribution in [1.29, 1.82) is 0 Å². The van der Waals surface area contributed by atoms with Crippen molar-refractivity contribution in [1.82, 2.24) is 20.2 Å². The number of methoxy groups -OCH3 is 1. The number of nitrogens with zero attached hydrogens (tertiary/aromatic N) is 3. The highest BCUT2D eigenvalue weighted by molar-refractivity contribution is 5.92. The van der Waals surface area contributed by atoms with E-state index in [-0.39, 0.29) is 6.79 Å². The lowest BCUT2D eigenvalue weighted by Crippen LogP contribution is -2.02. The molecule has 1 aliphatic rings. The van der Waals surface area contributed by atoms with Gasteiger partial charge in [-0.25, -0.2) is 14.8 Å². The van der Waals surface area contributed by atoms with E-state index in [1.165, 1.54) is 7.11 Å². The van der Waals surface area contributed by atoms with E-state index in [1.807, 2.05) is 24.3 Å². The van der Waals surface area contributed by atoms with Crippen LogP contribution in [0.15, 0.2) is 48.7 Å². The summed E-state index contributed by atoms with van der Waals surface area (Å²) in [5.41, 5.74) is 3.19. The standard InChI is InChI=1S/C20H15N5O4/c1-27-20(26)12-4-2-3-11(7-12)18-23-14-9-21-25-17(14)19(24-18)22-13-5-6-15-16(8-13)29-10-28-15/h2-9H,10H2,1H3,(H,21,25)(H,22,23,24). The first-order valence-corrected chi connectivity index (χ1v) is 8.78. The number of anilines is 2. The highest BCUT2D eigenvalue weighted by Crippen LogP contribution is 2.35. The van der Waals surface area contributed by atoms with E-state index in [2.05, 4.69) is 25.5 Å². The fraction of sp³-hybridized carbons (Fsp3) is 0.100. The minimum Gasteiger partial charge on any atom is -0.465 e. The Balaban J connectivity index is 1.56. The smallest absolute Gasteiger partial charge is 0.337 e. The molecule has 0 unspecified atom stereocenters. The summed E-state index contributed by atoms with van der Waals surface area (Å²) in [6.07, 6.45) is 1.62. The van der Waals surface area contributed by atoms with Crippen LogP contribution in [0, 0.1) is 0 Å². The molecule has 0 atom stereocenters. The Morgan fingerprint density at radius 1 is 1.14 bits per heavy atom. The quantitative estimate of drug-likeness (QED) is 0.512. The van der Waals surface area contributed by atoms with Crippen LogP contribution in [0.25, 0.3) is 22.4 Å². The molecule has 144 valence electrons. The number of nitrogens with one attached hydrogen (secondary N) is 2. The number of rotatable bonds is 4. The maximum Gasteiger partial charge on any atom is 0.337 e. The highest BCUT2D eigenvalue weighted by Gasteiger charge is 2.16. The molecular weight excluding hydrogens is 374 g/mol. The van der Waals surface area contributed by atoms with Crippen molar-refractivity contribution >= 4 is 28.5 Å². The number of ether oxygens (including phenoxy) is 3. The van der Waals surface area contributed by atoms with Crippen molar-refractivity contribution in [2.24, 2.45) is 0 Å². The zero-order chi connectivity index (χ0) is 19.8. The maximum absolute atomic E-state index is 11.9. The molecule has 0 aliphatic carbocycles. The summed E-state index contributed by atoms with van der Waals surface area (Å²) in [6.45, 7) is 0.206. The van der Waals surface area contributed by atoms with Crippen LogP contribution in [-0.2, 0) is 4.74 Å². The van der Waals surface area contributed by atoms with Crippen LogP contribution in [0.2, 0.25) is 0 Å². The fourth-order valence-electron chi connectivity index (χ4n) is 3.07. The van der Waals surface area contributed by atoms with E-state index in [1.54, 1.807) is 24.4 Å². The SMILES string of the molecule is COC(=O)c1cccc(-c2nc(Nc3ccc4c(c3)OCO4)c3[nH]ncc3n2)c1. The topological polar surface area (TPSA) is 111 Å².